The number of hydrogen-bond acceptors (Lipinski definition) is 5. The first kappa shape index (κ1) is 26.1. The van der Waals surface area contributed by atoms with Crippen LogP contribution in [-0.4, -0.2) is 47.3 Å². The maximum absolute atomic E-state index is 14.8. The van der Waals surface area contributed by atoms with Crippen LogP contribution in [0.25, 0.3) is 11.1 Å². The van der Waals surface area contributed by atoms with Gasteiger partial charge in [0.1, 0.15) is 17.7 Å². The summed E-state index contributed by atoms with van der Waals surface area (Å²) in [7, 11) is 2.04. The molecule has 3 atom stereocenters. The van der Waals surface area contributed by atoms with Crippen molar-refractivity contribution >= 4 is 5.97 Å². The molecule has 3 heterocycles. The summed E-state index contributed by atoms with van der Waals surface area (Å²) in [6, 6.07) is 13.4. The van der Waals surface area contributed by atoms with Crippen LogP contribution < -0.4 is 10.3 Å². The molecular formula is C30H33FN2O5. The van der Waals surface area contributed by atoms with Crippen molar-refractivity contribution in [2.24, 2.45) is 5.92 Å². The number of aromatic nitrogens is 1. The Morgan fingerprint density at radius 1 is 1.18 bits per heavy atom. The van der Waals surface area contributed by atoms with E-state index in [9.17, 15) is 19.1 Å². The van der Waals surface area contributed by atoms with E-state index in [-0.39, 0.29) is 23.3 Å². The van der Waals surface area contributed by atoms with Crippen molar-refractivity contribution in [1.29, 1.82) is 0 Å². The third-order valence-corrected chi connectivity index (χ3v) is 7.65. The van der Waals surface area contributed by atoms with Crippen LogP contribution in [0.4, 0.5) is 4.39 Å². The van der Waals surface area contributed by atoms with Crippen LogP contribution in [0.2, 0.25) is 0 Å². The molecule has 0 aliphatic carbocycles. The molecule has 5 rings (SSSR count). The van der Waals surface area contributed by atoms with Gasteiger partial charge in [0.05, 0.1) is 12.5 Å². The Labute approximate surface area is 221 Å². The number of ether oxygens (including phenoxy) is 2. The zero-order valence-corrected chi connectivity index (χ0v) is 21.7. The normalized spacial score (nSPS) is 19.7. The third kappa shape index (κ3) is 5.66. The van der Waals surface area contributed by atoms with Crippen LogP contribution in [0, 0.1) is 11.7 Å². The van der Waals surface area contributed by atoms with E-state index in [2.05, 4.69) is 16.0 Å². The van der Waals surface area contributed by atoms with Gasteiger partial charge in [-0.3, -0.25) is 14.5 Å². The Morgan fingerprint density at radius 2 is 2.03 bits per heavy atom. The van der Waals surface area contributed by atoms with Gasteiger partial charge in [-0.25, -0.2) is 4.39 Å². The topological polar surface area (TPSA) is 91.9 Å². The number of pyridine rings is 1. The SMILES string of the molecule is CC(Cc1ccc2c(c1)O[C@H](c1ccc(-c3cc(=O)[nH]cc3F)c(CN(C)C3CCOC3)c1)CC2)C(=O)O. The maximum atomic E-state index is 14.8. The summed E-state index contributed by atoms with van der Waals surface area (Å²) in [4.78, 5) is 27.9. The Hall–Kier alpha value is -3.49. The largest absolute Gasteiger partial charge is 0.485 e. The van der Waals surface area contributed by atoms with Crippen molar-refractivity contribution in [2.45, 2.75) is 51.3 Å². The van der Waals surface area contributed by atoms with E-state index in [4.69, 9.17) is 9.47 Å². The lowest BCUT2D eigenvalue weighted by Crippen LogP contribution is -2.31. The van der Waals surface area contributed by atoms with E-state index in [1.165, 1.54) is 6.07 Å². The van der Waals surface area contributed by atoms with Gasteiger partial charge in [-0.05, 0) is 66.6 Å². The van der Waals surface area contributed by atoms with Crippen LogP contribution in [0.1, 0.15) is 48.1 Å². The number of likely N-dealkylation sites (N-methyl/N-ethyl adjacent to an activating group) is 1. The van der Waals surface area contributed by atoms with Crippen LogP contribution in [0.15, 0.2) is 53.5 Å². The van der Waals surface area contributed by atoms with Gasteiger partial charge in [-0.15, -0.1) is 0 Å². The van der Waals surface area contributed by atoms with E-state index in [0.29, 0.717) is 25.1 Å². The molecule has 0 saturated carbocycles. The molecule has 8 heteroatoms. The standard InChI is InChI=1S/C30H33FN2O5/c1-18(30(35)36)11-19-3-4-20-6-8-27(38-28(20)12-19)21-5-7-24(25-14-29(34)32-15-26(25)31)22(13-21)16-33(2)23-9-10-37-17-23/h3-5,7,12-15,18,23,27H,6,8-11,16-17H2,1-2H3,(H,32,34)(H,35,36)/t18?,23?,27-/m0/s1. The molecule has 200 valence electrons. The number of nitrogens with zero attached hydrogens (tertiary/aromatic N) is 1. The molecule has 1 aromatic heterocycles. The monoisotopic (exact) mass is 520 g/mol. The number of nitrogens with one attached hydrogen (secondary N) is 1. The Morgan fingerprint density at radius 3 is 2.79 bits per heavy atom. The van der Waals surface area contributed by atoms with E-state index >= 15 is 0 Å². The Balaban J connectivity index is 1.45. The number of aryl methyl sites for hydroxylation is 1. The summed E-state index contributed by atoms with van der Waals surface area (Å²) < 4.78 is 26.8. The highest BCUT2D eigenvalue weighted by Crippen LogP contribution is 2.38. The number of hydrogen-bond donors (Lipinski definition) is 2. The molecule has 2 aliphatic heterocycles. The van der Waals surface area contributed by atoms with E-state index < -0.39 is 17.7 Å². The minimum absolute atomic E-state index is 0.188. The fraction of sp³-hybridized carbons (Fsp3) is 0.400. The molecule has 7 nitrogen and oxygen atoms in total. The number of benzene rings is 2. The lowest BCUT2D eigenvalue weighted by molar-refractivity contribution is -0.141. The van der Waals surface area contributed by atoms with Crippen molar-refractivity contribution in [3.63, 3.8) is 0 Å². The quantitative estimate of drug-likeness (QED) is 0.446. The van der Waals surface area contributed by atoms with Gasteiger partial charge in [0.25, 0.3) is 0 Å². The molecule has 0 radical (unpaired) electrons. The van der Waals surface area contributed by atoms with Crippen LogP contribution in [0.3, 0.4) is 0 Å². The summed E-state index contributed by atoms with van der Waals surface area (Å²) in [6.07, 6.45) is 3.93. The molecule has 0 spiro atoms. The van der Waals surface area contributed by atoms with Crippen molar-refractivity contribution in [3.8, 4) is 16.9 Å². The van der Waals surface area contributed by atoms with Gasteiger partial charge < -0.3 is 19.6 Å². The van der Waals surface area contributed by atoms with Gasteiger partial charge in [-0.1, -0.05) is 37.3 Å². The summed E-state index contributed by atoms with van der Waals surface area (Å²) in [5.41, 5.74) is 4.55. The first-order valence-corrected chi connectivity index (χ1v) is 13.1. The second-order valence-corrected chi connectivity index (χ2v) is 10.4. The number of aromatic amines is 1. The first-order valence-electron chi connectivity index (χ1n) is 13.1. The minimum Gasteiger partial charge on any atom is -0.485 e. The number of H-pyrrole nitrogens is 1. The average Bonchev–Trinajstić information content (AvgIpc) is 3.45. The molecule has 1 saturated heterocycles. The summed E-state index contributed by atoms with van der Waals surface area (Å²) in [6.45, 7) is 3.67. The second-order valence-electron chi connectivity index (χ2n) is 10.4. The molecule has 2 N–H and O–H groups in total. The number of halogens is 1. The van der Waals surface area contributed by atoms with E-state index in [0.717, 1.165) is 60.1 Å². The second kappa shape index (κ2) is 11.1. The van der Waals surface area contributed by atoms with Gasteiger partial charge in [0.15, 0.2) is 0 Å². The minimum atomic E-state index is -0.819. The first-order chi connectivity index (χ1) is 18.3. The Kier molecular flexibility index (Phi) is 7.63. The number of fused-ring (bicyclic) bond motifs is 1. The predicted molar refractivity (Wildman–Crippen MR) is 142 cm³/mol. The van der Waals surface area contributed by atoms with Gasteiger partial charge >= 0.3 is 5.97 Å². The molecule has 2 unspecified atom stereocenters. The highest BCUT2D eigenvalue weighted by atomic mass is 19.1. The highest BCUT2D eigenvalue weighted by molar-refractivity contribution is 5.70. The number of aliphatic carboxylic acids is 1. The molecule has 0 amide bonds. The van der Waals surface area contributed by atoms with Gasteiger partial charge in [0, 0.05) is 37.0 Å². The van der Waals surface area contributed by atoms with Crippen molar-refractivity contribution in [1.82, 2.24) is 9.88 Å². The van der Waals surface area contributed by atoms with Gasteiger partial charge in [-0.2, -0.15) is 0 Å². The number of carbonyl (C=O) groups is 1. The predicted octanol–water partition coefficient (Wildman–Crippen LogP) is 4.73. The molecule has 2 aromatic carbocycles. The van der Waals surface area contributed by atoms with Crippen LogP contribution >= 0.6 is 0 Å². The fourth-order valence-electron chi connectivity index (χ4n) is 5.35. The lowest BCUT2D eigenvalue weighted by Gasteiger charge is -2.29. The van der Waals surface area contributed by atoms with Crippen LogP contribution in [-0.2, 0) is 28.9 Å². The van der Waals surface area contributed by atoms with Crippen LogP contribution in [0.5, 0.6) is 5.75 Å². The summed E-state index contributed by atoms with van der Waals surface area (Å²) >= 11 is 0. The van der Waals surface area contributed by atoms with E-state index in [1.54, 1.807) is 6.92 Å². The lowest BCUT2D eigenvalue weighted by atomic mass is 9.91. The number of carboxylic acid groups (broad SMARTS) is 1. The zero-order chi connectivity index (χ0) is 26.8. The average molecular weight is 521 g/mol. The molecule has 2 aliphatic rings. The van der Waals surface area contributed by atoms with Gasteiger partial charge in [0.2, 0.25) is 5.56 Å². The molecule has 3 aromatic rings. The molecule has 0 bridgehead atoms. The van der Waals surface area contributed by atoms with E-state index in [1.807, 2.05) is 37.4 Å². The fourth-order valence-corrected chi connectivity index (χ4v) is 5.35. The maximum Gasteiger partial charge on any atom is 0.306 e. The van der Waals surface area contributed by atoms with Crippen molar-refractivity contribution in [2.75, 3.05) is 20.3 Å². The highest BCUT2D eigenvalue weighted by Gasteiger charge is 2.26. The Bertz CT molecular complexity index is 1380. The van der Waals surface area contributed by atoms with Crippen molar-refractivity contribution < 1.29 is 23.8 Å². The summed E-state index contributed by atoms with van der Waals surface area (Å²) in [5, 5.41) is 9.28. The smallest absolute Gasteiger partial charge is 0.306 e. The molecule has 1 fully saturated rings. The summed E-state index contributed by atoms with van der Waals surface area (Å²) in [5.74, 6) is -0.991. The molecular weight excluding hydrogens is 487 g/mol. The van der Waals surface area contributed by atoms with Crippen molar-refractivity contribution in [3.05, 3.63) is 87.1 Å². The number of rotatable bonds is 8. The molecule has 38 heavy (non-hydrogen) atoms. The number of carboxylic acids is 1. The zero-order valence-electron chi connectivity index (χ0n) is 21.7. The third-order valence-electron chi connectivity index (χ3n) is 7.65.